The van der Waals surface area contributed by atoms with Crippen LogP contribution in [0.4, 0.5) is 5.00 Å². The van der Waals surface area contributed by atoms with Crippen LogP contribution < -0.4 is 15.3 Å². The highest BCUT2D eigenvalue weighted by molar-refractivity contribution is 7.22. The van der Waals surface area contributed by atoms with Crippen molar-refractivity contribution < 1.29 is 23.8 Å². The summed E-state index contributed by atoms with van der Waals surface area (Å²) in [5, 5.41) is 9.54. The molecular formula is C18H15NO6S. The van der Waals surface area contributed by atoms with Gasteiger partial charge in [-0.1, -0.05) is 12.1 Å². The highest BCUT2D eigenvalue weighted by Gasteiger charge is 2.21. The number of aromatic carboxylic acids is 1. The zero-order chi connectivity index (χ0) is 18.8. The highest BCUT2D eigenvalue weighted by atomic mass is 32.1. The van der Waals surface area contributed by atoms with Gasteiger partial charge in [0.25, 0.3) is 5.91 Å². The van der Waals surface area contributed by atoms with Crippen LogP contribution in [-0.2, 0) is 0 Å². The first kappa shape index (κ1) is 17.7. The summed E-state index contributed by atoms with van der Waals surface area (Å²) in [6.07, 6.45) is 0. The Bertz CT molecular complexity index is 1050. The molecular weight excluding hydrogens is 358 g/mol. The van der Waals surface area contributed by atoms with Crippen LogP contribution in [0.2, 0.25) is 0 Å². The van der Waals surface area contributed by atoms with Crippen LogP contribution in [0.15, 0.2) is 45.6 Å². The normalized spacial score (nSPS) is 10.7. The number of thiophene rings is 1. The van der Waals surface area contributed by atoms with Crippen LogP contribution in [0.1, 0.15) is 27.6 Å². The third-order valence-corrected chi connectivity index (χ3v) is 4.83. The molecule has 0 saturated heterocycles. The van der Waals surface area contributed by atoms with Gasteiger partial charge in [0.2, 0.25) is 0 Å². The molecule has 7 nitrogen and oxygen atoms in total. The average molecular weight is 373 g/mol. The Labute approximate surface area is 152 Å². The van der Waals surface area contributed by atoms with E-state index in [1.807, 2.05) is 6.92 Å². The molecule has 26 heavy (non-hydrogen) atoms. The lowest BCUT2D eigenvalue weighted by atomic mass is 10.2. The summed E-state index contributed by atoms with van der Waals surface area (Å²) in [5.41, 5.74) is -0.730. The number of ether oxygens (including phenoxy) is 1. The fraction of sp³-hybridized carbons (Fsp3) is 0.167. The molecule has 0 radical (unpaired) electrons. The first-order valence-electron chi connectivity index (χ1n) is 7.73. The van der Waals surface area contributed by atoms with Gasteiger partial charge < -0.3 is 19.2 Å². The Morgan fingerprint density at radius 3 is 2.65 bits per heavy atom. The van der Waals surface area contributed by atoms with Crippen molar-refractivity contribution in [2.75, 3.05) is 18.6 Å². The van der Waals surface area contributed by atoms with Crippen molar-refractivity contribution in [3.63, 3.8) is 0 Å². The molecule has 2 aromatic heterocycles. The van der Waals surface area contributed by atoms with Gasteiger partial charge in [0, 0.05) is 13.1 Å². The predicted molar refractivity (Wildman–Crippen MR) is 97.7 cm³/mol. The Kier molecular flexibility index (Phi) is 4.77. The fourth-order valence-electron chi connectivity index (χ4n) is 2.42. The minimum absolute atomic E-state index is 0.234. The zero-order valence-electron chi connectivity index (χ0n) is 14.0. The molecule has 1 aromatic carbocycles. The van der Waals surface area contributed by atoms with Gasteiger partial charge in [-0.15, -0.1) is 11.3 Å². The van der Waals surface area contributed by atoms with Crippen LogP contribution in [0, 0.1) is 0 Å². The lowest BCUT2D eigenvalue weighted by Crippen LogP contribution is -2.25. The second kappa shape index (κ2) is 7.01. The molecule has 0 aliphatic carbocycles. The SMILES string of the molecule is CCOc1ccccc1C(=O)N(C)c1cc2oc(=O)c(C(=O)O)cc2s1. The van der Waals surface area contributed by atoms with Crippen molar-refractivity contribution in [2.45, 2.75) is 6.92 Å². The van der Waals surface area contributed by atoms with E-state index < -0.39 is 17.2 Å². The van der Waals surface area contributed by atoms with E-state index in [1.165, 1.54) is 17.0 Å². The lowest BCUT2D eigenvalue weighted by Gasteiger charge is -2.17. The smallest absolute Gasteiger partial charge is 0.351 e. The number of hydrogen-bond acceptors (Lipinski definition) is 6. The van der Waals surface area contributed by atoms with Crippen LogP contribution >= 0.6 is 11.3 Å². The summed E-state index contributed by atoms with van der Waals surface area (Å²) < 4.78 is 11.0. The second-order valence-corrected chi connectivity index (χ2v) is 6.42. The number of rotatable bonds is 5. The molecule has 0 spiro atoms. The van der Waals surface area contributed by atoms with E-state index in [2.05, 4.69) is 0 Å². The quantitative estimate of drug-likeness (QED) is 0.737. The van der Waals surface area contributed by atoms with E-state index in [9.17, 15) is 14.4 Å². The van der Waals surface area contributed by atoms with Crippen LogP contribution in [0.25, 0.3) is 10.3 Å². The summed E-state index contributed by atoms with van der Waals surface area (Å²) in [6, 6.07) is 9.70. The number of para-hydroxylation sites is 1. The van der Waals surface area contributed by atoms with Crippen molar-refractivity contribution in [3.05, 3.63) is 57.9 Å². The molecule has 1 amide bonds. The van der Waals surface area contributed by atoms with Gasteiger partial charge in [0.15, 0.2) is 5.58 Å². The third kappa shape index (κ3) is 3.18. The number of anilines is 1. The van der Waals surface area contributed by atoms with Gasteiger partial charge in [-0.05, 0) is 25.1 Å². The zero-order valence-corrected chi connectivity index (χ0v) is 14.8. The van der Waals surface area contributed by atoms with Crippen molar-refractivity contribution >= 4 is 38.5 Å². The summed E-state index contributed by atoms with van der Waals surface area (Å²) in [6.45, 7) is 2.26. The molecule has 0 aliphatic heterocycles. The molecule has 134 valence electrons. The van der Waals surface area contributed by atoms with Crippen LogP contribution in [0.3, 0.4) is 0 Å². The summed E-state index contributed by atoms with van der Waals surface area (Å²) in [4.78, 5) is 37.0. The first-order chi connectivity index (χ1) is 12.4. The molecule has 0 unspecified atom stereocenters. The number of carboxylic acids is 1. The average Bonchev–Trinajstić information content (AvgIpc) is 3.03. The highest BCUT2D eigenvalue weighted by Crippen LogP contribution is 2.33. The molecule has 0 aliphatic rings. The number of amides is 1. The van der Waals surface area contributed by atoms with E-state index in [1.54, 1.807) is 31.3 Å². The van der Waals surface area contributed by atoms with E-state index in [0.717, 1.165) is 11.3 Å². The lowest BCUT2D eigenvalue weighted by molar-refractivity contribution is 0.0692. The van der Waals surface area contributed by atoms with E-state index >= 15 is 0 Å². The van der Waals surface area contributed by atoms with Gasteiger partial charge in [-0.25, -0.2) is 9.59 Å². The summed E-state index contributed by atoms with van der Waals surface area (Å²) in [5.74, 6) is -1.17. The Hall–Kier alpha value is -3.13. The second-order valence-electron chi connectivity index (χ2n) is 5.36. The Morgan fingerprint density at radius 2 is 1.96 bits per heavy atom. The maximum Gasteiger partial charge on any atom is 0.351 e. The number of hydrogen-bond donors (Lipinski definition) is 1. The van der Waals surface area contributed by atoms with E-state index in [-0.39, 0.29) is 11.5 Å². The molecule has 1 N–H and O–H groups in total. The van der Waals surface area contributed by atoms with Crippen LogP contribution in [-0.4, -0.2) is 30.6 Å². The fourth-order valence-corrected chi connectivity index (χ4v) is 3.41. The van der Waals surface area contributed by atoms with Crippen molar-refractivity contribution in [2.24, 2.45) is 0 Å². The summed E-state index contributed by atoms with van der Waals surface area (Å²) >= 11 is 1.16. The minimum atomic E-state index is -1.36. The maximum atomic E-state index is 12.8. The topological polar surface area (TPSA) is 97.0 Å². The summed E-state index contributed by atoms with van der Waals surface area (Å²) in [7, 11) is 1.59. The monoisotopic (exact) mass is 373 g/mol. The van der Waals surface area contributed by atoms with Crippen molar-refractivity contribution in [1.82, 2.24) is 0 Å². The molecule has 8 heteroatoms. The van der Waals surface area contributed by atoms with Gasteiger partial charge in [0.1, 0.15) is 16.3 Å². The third-order valence-electron chi connectivity index (χ3n) is 3.69. The van der Waals surface area contributed by atoms with Gasteiger partial charge in [0.05, 0.1) is 16.9 Å². The van der Waals surface area contributed by atoms with Gasteiger partial charge in [-0.2, -0.15) is 0 Å². The minimum Gasteiger partial charge on any atom is -0.493 e. The van der Waals surface area contributed by atoms with Crippen molar-refractivity contribution in [3.8, 4) is 5.75 Å². The molecule has 2 heterocycles. The van der Waals surface area contributed by atoms with Gasteiger partial charge in [-0.3, -0.25) is 4.79 Å². The molecule has 0 bridgehead atoms. The van der Waals surface area contributed by atoms with Gasteiger partial charge >= 0.3 is 11.6 Å². The number of fused-ring (bicyclic) bond motifs is 1. The Balaban J connectivity index is 2.00. The predicted octanol–water partition coefficient (Wildman–Crippen LogP) is 3.23. The Morgan fingerprint density at radius 1 is 1.23 bits per heavy atom. The number of carboxylic acid groups (broad SMARTS) is 1. The van der Waals surface area contributed by atoms with E-state index in [4.69, 9.17) is 14.3 Å². The van der Waals surface area contributed by atoms with Crippen molar-refractivity contribution in [1.29, 1.82) is 0 Å². The largest absolute Gasteiger partial charge is 0.493 e. The maximum absolute atomic E-state index is 12.8. The van der Waals surface area contributed by atoms with E-state index in [0.29, 0.717) is 27.6 Å². The molecule has 3 aromatic rings. The number of carbonyl (C=O) groups excluding carboxylic acids is 1. The van der Waals surface area contributed by atoms with Crippen LogP contribution in [0.5, 0.6) is 5.75 Å². The molecule has 3 rings (SSSR count). The molecule has 0 atom stereocenters. The molecule has 0 saturated carbocycles. The number of benzene rings is 1. The number of nitrogens with zero attached hydrogens (tertiary/aromatic N) is 1. The number of carbonyl (C=O) groups is 2. The molecule has 0 fully saturated rings. The standard InChI is InChI=1S/C18H15NO6S/c1-3-24-12-7-5-4-6-10(12)16(20)19(2)15-9-13-14(26-15)8-11(17(21)22)18(23)25-13/h4-9H,3H2,1-2H3,(H,21,22). The first-order valence-corrected chi connectivity index (χ1v) is 8.55.